The van der Waals surface area contributed by atoms with Gasteiger partial charge in [-0.3, -0.25) is 9.69 Å². The molecule has 0 saturated carbocycles. The summed E-state index contributed by atoms with van der Waals surface area (Å²) in [5, 5.41) is 22.2. The van der Waals surface area contributed by atoms with Crippen molar-refractivity contribution in [3.63, 3.8) is 0 Å². The quantitative estimate of drug-likeness (QED) is 0.519. The molecule has 10 nitrogen and oxygen atoms in total. The van der Waals surface area contributed by atoms with Crippen LogP contribution in [0.2, 0.25) is 0 Å². The fraction of sp³-hybridized carbons (Fsp3) is 0.522. The lowest BCUT2D eigenvalue weighted by molar-refractivity contribution is -0.137. The molecule has 0 radical (unpaired) electrons. The second-order valence-electron chi connectivity index (χ2n) is 9.11. The Hall–Kier alpha value is -3.16. The Bertz CT molecular complexity index is 1090. The van der Waals surface area contributed by atoms with Crippen molar-refractivity contribution in [3.05, 3.63) is 47.3 Å². The van der Waals surface area contributed by atoms with Crippen LogP contribution < -0.4 is 10.6 Å². The first kappa shape index (κ1) is 25.9. The van der Waals surface area contributed by atoms with Gasteiger partial charge in [-0.2, -0.15) is 23.0 Å². The summed E-state index contributed by atoms with van der Waals surface area (Å²) in [5.74, 6) is -0.655. The van der Waals surface area contributed by atoms with E-state index in [0.717, 1.165) is 16.3 Å². The minimum Gasteiger partial charge on any atom is -0.371 e. The van der Waals surface area contributed by atoms with Crippen LogP contribution in [-0.2, 0) is 17.5 Å². The maximum Gasteiger partial charge on any atom is 0.416 e. The van der Waals surface area contributed by atoms with Crippen molar-refractivity contribution in [2.24, 2.45) is 11.7 Å². The van der Waals surface area contributed by atoms with Gasteiger partial charge in [0.05, 0.1) is 5.56 Å². The van der Waals surface area contributed by atoms with Crippen LogP contribution in [-0.4, -0.2) is 81.0 Å². The van der Waals surface area contributed by atoms with Gasteiger partial charge in [0, 0.05) is 63.6 Å². The largest absolute Gasteiger partial charge is 0.416 e. The first-order valence-electron chi connectivity index (χ1n) is 11.7. The van der Waals surface area contributed by atoms with E-state index in [-0.39, 0.29) is 17.5 Å². The highest BCUT2D eigenvalue weighted by Crippen LogP contribution is 2.35. The number of piperidine rings is 1. The minimum atomic E-state index is -4.47. The fourth-order valence-electron chi connectivity index (χ4n) is 4.64. The summed E-state index contributed by atoms with van der Waals surface area (Å²) in [4.78, 5) is 29.7. The molecule has 2 amide bonds. The van der Waals surface area contributed by atoms with E-state index in [2.05, 4.69) is 10.00 Å². The molecule has 0 unspecified atom stereocenters. The zero-order valence-corrected chi connectivity index (χ0v) is 19.6. The minimum absolute atomic E-state index is 0.0309. The first-order chi connectivity index (χ1) is 17.0. The Morgan fingerprint density at radius 3 is 2.28 bits per heavy atom. The number of aliphatic hydroxyl groups is 2. The zero-order chi connectivity index (χ0) is 26.0. The number of amides is 2. The van der Waals surface area contributed by atoms with E-state index < -0.39 is 24.1 Å². The SMILES string of the molecule is NC(=O)C1CCN(c2cc(C(F)(F)F)ccc2CN2CCN(C(=O)n3ccc(C(O)O)n3)CC2)CC1. The normalized spacial score (nSPS) is 18.2. The molecule has 0 spiro atoms. The number of halogens is 3. The number of nitrogens with two attached hydrogens (primary N) is 1. The molecule has 2 aliphatic rings. The molecule has 1 aromatic heterocycles. The van der Waals surface area contributed by atoms with E-state index in [1.54, 1.807) is 4.90 Å². The highest BCUT2D eigenvalue weighted by Gasteiger charge is 2.33. The van der Waals surface area contributed by atoms with Crippen LogP contribution in [0, 0.1) is 5.92 Å². The van der Waals surface area contributed by atoms with E-state index in [4.69, 9.17) is 5.73 Å². The Kier molecular flexibility index (Phi) is 7.52. The van der Waals surface area contributed by atoms with Crippen LogP contribution in [0.3, 0.4) is 0 Å². The van der Waals surface area contributed by atoms with Crippen LogP contribution in [0.25, 0.3) is 0 Å². The van der Waals surface area contributed by atoms with Gasteiger partial charge >= 0.3 is 12.2 Å². The van der Waals surface area contributed by atoms with Crippen molar-refractivity contribution in [2.75, 3.05) is 44.2 Å². The van der Waals surface area contributed by atoms with Crippen molar-refractivity contribution in [1.82, 2.24) is 19.6 Å². The molecule has 0 bridgehead atoms. The molecule has 4 rings (SSSR count). The number of rotatable bonds is 5. The van der Waals surface area contributed by atoms with Gasteiger partial charge in [-0.25, -0.2) is 4.79 Å². The summed E-state index contributed by atoms with van der Waals surface area (Å²) < 4.78 is 41.4. The summed E-state index contributed by atoms with van der Waals surface area (Å²) in [6.45, 7) is 3.08. The van der Waals surface area contributed by atoms with Crippen molar-refractivity contribution < 1.29 is 33.0 Å². The standard InChI is InChI=1S/C23H29F3N6O4/c24-23(25,26)17-2-1-16(19(13-17)30-6-3-15(4-7-30)20(27)33)14-29-9-11-31(12-10-29)22(36)32-8-5-18(28-32)21(34)35/h1-2,5,8,13,15,21,34-35H,3-4,6-7,9-12,14H2,(H2,27,33). The molecule has 3 heterocycles. The number of anilines is 1. The number of aliphatic hydroxyl groups excluding tert-OH is 1. The lowest BCUT2D eigenvalue weighted by Gasteiger charge is -2.37. The molecule has 2 aromatic rings. The van der Waals surface area contributed by atoms with Gasteiger partial charge in [-0.05, 0) is 36.6 Å². The second-order valence-corrected chi connectivity index (χ2v) is 9.11. The summed E-state index contributed by atoms with van der Waals surface area (Å²) in [6.07, 6.45) is -3.89. The van der Waals surface area contributed by atoms with Gasteiger partial charge in [-0.15, -0.1) is 0 Å². The molecular weight excluding hydrogens is 481 g/mol. The predicted molar refractivity (Wildman–Crippen MR) is 123 cm³/mol. The Morgan fingerprint density at radius 2 is 1.72 bits per heavy atom. The number of carbonyl (C=O) groups excluding carboxylic acids is 2. The monoisotopic (exact) mass is 510 g/mol. The molecule has 4 N–H and O–H groups in total. The van der Waals surface area contributed by atoms with E-state index in [1.807, 2.05) is 4.90 Å². The Balaban J connectivity index is 1.43. The van der Waals surface area contributed by atoms with Gasteiger partial charge in [0.1, 0.15) is 5.69 Å². The average Bonchev–Trinajstić information content (AvgIpc) is 3.34. The topological polar surface area (TPSA) is 128 Å². The van der Waals surface area contributed by atoms with Gasteiger partial charge < -0.3 is 25.7 Å². The summed E-state index contributed by atoms with van der Waals surface area (Å²) in [7, 11) is 0. The molecule has 1 aromatic carbocycles. The third kappa shape index (κ3) is 5.79. The van der Waals surface area contributed by atoms with E-state index in [9.17, 15) is 33.0 Å². The van der Waals surface area contributed by atoms with Gasteiger partial charge in [-0.1, -0.05) is 6.07 Å². The van der Waals surface area contributed by atoms with Crippen LogP contribution in [0.4, 0.5) is 23.7 Å². The summed E-state index contributed by atoms with van der Waals surface area (Å²) in [5.41, 5.74) is 5.89. The number of nitrogens with zero attached hydrogens (tertiary/aromatic N) is 5. The highest BCUT2D eigenvalue weighted by atomic mass is 19.4. The molecule has 13 heteroatoms. The van der Waals surface area contributed by atoms with Crippen LogP contribution >= 0.6 is 0 Å². The number of benzene rings is 1. The smallest absolute Gasteiger partial charge is 0.371 e. The van der Waals surface area contributed by atoms with Crippen LogP contribution in [0.15, 0.2) is 30.5 Å². The average molecular weight is 511 g/mol. The number of aromatic nitrogens is 2. The predicted octanol–water partition coefficient (Wildman–Crippen LogP) is 1.37. The number of hydrogen-bond donors (Lipinski definition) is 3. The molecule has 2 fully saturated rings. The molecule has 2 aliphatic heterocycles. The Labute approximate surface area is 205 Å². The van der Waals surface area contributed by atoms with E-state index >= 15 is 0 Å². The number of alkyl halides is 3. The molecule has 0 aliphatic carbocycles. The third-order valence-corrected chi connectivity index (χ3v) is 6.76. The molecule has 2 saturated heterocycles. The van der Waals surface area contributed by atoms with E-state index in [0.29, 0.717) is 64.3 Å². The fourth-order valence-corrected chi connectivity index (χ4v) is 4.64. The zero-order valence-electron chi connectivity index (χ0n) is 19.6. The molecule has 196 valence electrons. The maximum absolute atomic E-state index is 13.4. The molecule has 0 atom stereocenters. The highest BCUT2D eigenvalue weighted by molar-refractivity contribution is 5.77. The number of piperazine rings is 1. The lowest BCUT2D eigenvalue weighted by atomic mass is 9.95. The van der Waals surface area contributed by atoms with Gasteiger partial charge in [0.25, 0.3) is 0 Å². The molecular formula is C23H29F3N6O4. The lowest BCUT2D eigenvalue weighted by Crippen LogP contribution is -2.49. The van der Waals surface area contributed by atoms with Gasteiger partial charge in [0.2, 0.25) is 5.91 Å². The molecule has 36 heavy (non-hydrogen) atoms. The van der Waals surface area contributed by atoms with Gasteiger partial charge in [0.15, 0.2) is 6.29 Å². The van der Waals surface area contributed by atoms with Crippen molar-refractivity contribution in [3.8, 4) is 0 Å². The van der Waals surface area contributed by atoms with Crippen LogP contribution in [0.1, 0.15) is 36.0 Å². The van der Waals surface area contributed by atoms with Crippen molar-refractivity contribution in [1.29, 1.82) is 0 Å². The maximum atomic E-state index is 13.4. The second kappa shape index (κ2) is 10.4. The van der Waals surface area contributed by atoms with Crippen LogP contribution in [0.5, 0.6) is 0 Å². The van der Waals surface area contributed by atoms with Crippen molar-refractivity contribution in [2.45, 2.75) is 31.9 Å². The van der Waals surface area contributed by atoms with E-state index in [1.165, 1.54) is 24.4 Å². The number of hydrogen-bond acceptors (Lipinski definition) is 7. The summed E-state index contributed by atoms with van der Waals surface area (Å²) >= 11 is 0. The summed E-state index contributed by atoms with van der Waals surface area (Å²) in [6, 6.07) is 4.71. The number of primary amides is 1. The number of carbonyl (C=O) groups is 2. The van der Waals surface area contributed by atoms with Crippen molar-refractivity contribution >= 4 is 17.6 Å². The first-order valence-corrected chi connectivity index (χ1v) is 11.7. The Morgan fingerprint density at radius 1 is 1.06 bits per heavy atom. The third-order valence-electron chi connectivity index (χ3n) is 6.76.